The number of ether oxygens (including phenoxy) is 2. The molecule has 0 aliphatic carbocycles. The molecule has 8 heteroatoms. The predicted octanol–water partition coefficient (Wildman–Crippen LogP) is 3.95. The van der Waals surface area contributed by atoms with E-state index in [0.717, 1.165) is 12.1 Å². The van der Waals surface area contributed by atoms with Crippen LogP contribution in [0.25, 0.3) is 0 Å². The Morgan fingerprint density at radius 2 is 1.82 bits per heavy atom. The lowest BCUT2D eigenvalue weighted by Gasteiger charge is -2.31. The first-order valence-corrected chi connectivity index (χ1v) is 8.95. The molecule has 1 aliphatic rings. The number of para-hydroxylation sites is 1. The number of nitrogens with zero attached hydrogens (tertiary/aromatic N) is 1. The third-order valence-corrected chi connectivity index (χ3v) is 4.29. The van der Waals surface area contributed by atoms with Crippen LogP contribution >= 0.6 is 0 Å². The first-order chi connectivity index (χ1) is 13.4. The standard InChI is InChI=1S/C20H21F3N2O3/c21-20(22,23)15-6-7-18(25-9-12-27-13-10-25)17(14-15)24-19(26)8-11-28-16-4-2-1-3-5-16/h1-7,14H,8-13H2,(H,24,26). The molecular weight excluding hydrogens is 373 g/mol. The summed E-state index contributed by atoms with van der Waals surface area (Å²) in [5.74, 6) is 0.216. The van der Waals surface area contributed by atoms with Gasteiger partial charge >= 0.3 is 6.18 Å². The van der Waals surface area contributed by atoms with Crippen LogP contribution in [0.4, 0.5) is 24.5 Å². The van der Waals surface area contributed by atoms with Gasteiger partial charge in [-0.2, -0.15) is 13.2 Å². The van der Waals surface area contributed by atoms with Crippen molar-refractivity contribution in [3.63, 3.8) is 0 Å². The van der Waals surface area contributed by atoms with E-state index in [4.69, 9.17) is 9.47 Å². The van der Waals surface area contributed by atoms with Gasteiger partial charge in [-0.1, -0.05) is 18.2 Å². The Hall–Kier alpha value is -2.74. The monoisotopic (exact) mass is 394 g/mol. The molecule has 3 rings (SSSR count). The zero-order valence-electron chi connectivity index (χ0n) is 15.2. The highest BCUT2D eigenvalue weighted by Crippen LogP contribution is 2.35. The molecule has 5 nitrogen and oxygen atoms in total. The van der Waals surface area contributed by atoms with E-state index in [0.29, 0.717) is 37.7 Å². The number of hydrogen-bond acceptors (Lipinski definition) is 4. The molecule has 2 aromatic carbocycles. The molecule has 1 saturated heterocycles. The van der Waals surface area contributed by atoms with Crippen LogP contribution in [0.3, 0.4) is 0 Å². The lowest BCUT2D eigenvalue weighted by molar-refractivity contribution is -0.137. The highest BCUT2D eigenvalue weighted by molar-refractivity contribution is 5.94. The van der Waals surface area contributed by atoms with E-state index in [9.17, 15) is 18.0 Å². The van der Waals surface area contributed by atoms with E-state index in [1.807, 2.05) is 23.1 Å². The fourth-order valence-corrected chi connectivity index (χ4v) is 2.88. The molecule has 1 N–H and O–H groups in total. The number of amides is 1. The maximum atomic E-state index is 13.1. The van der Waals surface area contributed by atoms with Crippen molar-refractivity contribution in [1.29, 1.82) is 0 Å². The van der Waals surface area contributed by atoms with E-state index in [1.54, 1.807) is 12.1 Å². The van der Waals surface area contributed by atoms with Crippen molar-refractivity contribution in [3.8, 4) is 5.75 Å². The van der Waals surface area contributed by atoms with E-state index in [1.165, 1.54) is 6.07 Å². The van der Waals surface area contributed by atoms with Crippen molar-refractivity contribution in [2.75, 3.05) is 43.1 Å². The topological polar surface area (TPSA) is 50.8 Å². The van der Waals surface area contributed by atoms with Gasteiger partial charge in [0.25, 0.3) is 0 Å². The zero-order chi connectivity index (χ0) is 20.0. The number of halogens is 3. The van der Waals surface area contributed by atoms with Crippen LogP contribution in [0.1, 0.15) is 12.0 Å². The van der Waals surface area contributed by atoms with Crippen LogP contribution < -0.4 is 15.0 Å². The minimum atomic E-state index is -4.49. The van der Waals surface area contributed by atoms with Gasteiger partial charge in [0, 0.05) is 13.1 Å². The van der Waals surface area contributed by atoms with E-state index in [-0.39, 0.29) is 18.7 Å². The number of rotatable bonds is 6. The Labute approximate surface area is 161 Å². The van der Waals surface area contributed by atoms with Crippen LogP contribution in [-0.4, -0.2) is 38.8 Å². The Balaban J connectivity index is 1.69. The molecule has 1 aliphatic heterocycles. The van der Waals surface area contributed by atoms with Gasteiger partial charge in [0.15, 0.2) is 0 Å². The number of alkyl halides is 3. The van der Waals surface area contributed by atoms with Gasteiger partial charge in [-0.25, -0.2) is 0 Å². The molecule has 0 spiro atoms. The number of carbonyl (C=O) groups is 1. The van der Waals surface area contributed by atoms with Crippen molar-refractivity contribution in [2.24, 2.45) is 0 Å². The van der Waals surface area contributed by atoms with Crippen molar-refractivity contribution in [2.45, 2.75) is 12.6 Å². The van der Waals surface area contributed by atoms with Crippen molar-refractivity contribution >= 4 is 17.3 Å². The quantitative estimate of drug-likeness (QED) is 0.806. The lowest BCUT2D eigenvalue weighted by atomic mass is 10.1. The third-order valence-electron chi connectivity index (χ3n) is 4.29. The minimum absolute atomic E-state index is 0.0215. The second kappa shape index (κ2) is 8.97. The van der Waals surface area contributed by atoms with Gasteiger partial charge in [-0.15, -0.1) is 0 Å². The summed E-state index contributed by atoms with van der Waals surface area (Å²) in [6.07, 6.45) is -4.47. The lowest BCUT2D eigenvalue weighted by Crippen LogP contribution is -2.37. The Bertz CT molecular complexity index is 791. The number of benzene rings is 2. The van der Waals surface area contributed by atoms with Crippen LogP contribution in [-0.2, 0) is 15.7 Å². The first kappa shape index (κ1) is 20.0. The average molecular weight is 394 g/mol. The van der Waals surface area contributed by atoms with Crippen molar-refractivity contribution < 1.29 is 27.4 Å². The van der Waals surface area contributed by atoms with Gasteiger partial charge in [-0.3, -0.25) is 4.79 Å². The Kier molecular flexibility index (Phi) is 6.41. The Morgan fingerprint density at radius 1 is 1.11 bits per heavy atom. The Morgan fingerprint density at radius 3 is 2.50 bits per heavy atom. The number of anilines is 2. The van der Waals surface area contributed by atoms with Crippen LogP contribution in [0.15, 0.2) is 48.5 Å². The SMILES string of the molecule is O=C(CCOc1ccccc1)Nc1cc(C(F)(F)F)ccc1N1CCOCC1. The number of morpholine rings is 1. The van der Waals surface area contributed by atoms with Gasteiger partial charge in [0.1, 0.15) is 5.75 Å². The molecule has 2 aromatic rings. The molecule has 0 atom stereocenters. The summed E-state index contributed by atoms with van der Waals surface area (Å²) >= 11 is 0. The third kappa shape index (κ3) is 5.39. The summed E-state index contributed by atoms with van der Waals surface area (Å²) in [6, 6.07) is 12.4. The predicted molar refractivity (Wildman–Crippen MR) is 99.7 cm³/mol. The first-order valence-electron chi connectivity index (χ1n) is 8.95. The smallest absolute Gasteiger partial charge is 0.416 e. The van der Waals surface area contributed by atoms with E-state index in [2.05, 4.69) is 5.32 Å². The van der Waals surface area contributed by atoms with Crippen LogP contribution in [0.5, 0.6) is 5.75 Å². The van der Waals surface area contributed by atoms with E-state index >= 15 is 0 Å². The maximum Gasteiger partial charge on any atom is 0.416 e. The fraction of sp³-hybridized carbons (Fsp3) is 0.350. The highest BCUT2D eigenvalue weighted by Gasteiger charge is 2.31. The second-order valence-corrected chi connectivity index (χ2v) is 6.29. The van der Waals surface area contributed by atoms with Crippen molar-refractivity contribution in [3.05, 3.63) is 54.1 Å². The molecular formula is C20H21F3N2O3. The molecule has 0 unspecified atom stereocenters. The molecule has 1 fully saturated rings. The minimum Gasteiger partial charge on any atom is -0.493 e. The molecule has 0 bridgehead atoms. The number of carbonyl (C=O) groups excluding carboxylic acids is 1. The number of hydrogen-bond donors (Lipinski definition) is 1. The normalized spacial score (nSPS) is 14.6. The van der Waals surface area contributed by atoms with Crippen LogP contribution in [0, 0.1) is 0 Å². The largest absolute Gasteiger partial charge is 0.493 e. The molecule has 0 saturated carbocycles. The van der Waals surface area contributed by atoms with Crippen molar-refractivity contribution in [1.82, 2.24) is 0 Å². The second-order valence-electron chi connectivity index (χ2n) is 6.29. The highest BCUT2D eigenvalue weighted by atomic mass is 19.4. The fourth-order valence-electron chi connectivity index (χ4n) is 2.88. The van der Waals surface area contributed by atoms with E-state index < -0.39 is 17.6 Å². The summed E-state index contributed by atoms with van der Waals surface area (Å²) in [7, 11) is 0. The molecule has 0 aromatic heterocycles. The molecule has 150 valence electrons. The van der Waals surface area contributed by atoms with Gasteiger partial charge < -0.3 is 19.7 Å². The zero-order valence-corrected chi connectivity index (χ0v) is 15.2. The summed E-state index contributed by atoms with van der Waals surface area (Å²) in [6.45, 7) is 2.19. The molecule has 1 amide bonds. The summed E-state index contributed by atoms with van der Waals surface area (Å²) in [5, 5.41) is 2.61. The molecule has 28 heavy (non-hydrogen) atoms. The van der Waals surface area contributed by atoms with Gasteiger partial charge in [0.05, 0.1) is 43.2 Å². The molecule has 0 radical (unpaired) electrons. The summed E-state index contributed by atoms with van der Waals surface area (Å²) < 4.78 is 50.1. The van der Waals surface area contributed by atoms with Crippen LogP contribution in [0.2, 0.25) is 0 Å². The summed E-state index contributed by atoms with van der Waals surface area (Å²) in [5.41, 5.74) is -0.115. The van der Waals surface area contributed by atoms with Gasteiger partial charge in [0.2, 0.25) is 5.91 Å². The van der Waals surface area contributed by atoms with Gasteiger partial charge in [-0.05, 0) is 30.3 Å². The average Bonchev–Trinajstić information content (AvgIpc) is 2.69. The maximum absolute atomic E-state index is 13.1. The summed E-state index contributed by atoms with van der Waals surface area (Å²) in [4.78, 5) is 14.2. The molecule has 1 heterocycles. The number of nitrogens with one attached hydrogen (secondary N) is 1.